The summed E-state index contributed by atoms with van der Waals surface area (Å²) in [4.78, 5) is 0. The van der Waals surface area contributed by atoms with Crippen LogP contribution in [0.5, 0.6) is 5.75 Å². The van der Waals surface area contributed by atoms with E-state index in [4.69, 9.17) is 20.3 Å². The Labute approximate surface area is 118 Å². The number of nitrogen functional groups attached to an aromatic ring is 1. The van der Waals surface area contributed by atoms with Crippen LogP contribution in [0.25, 0.3) is 0 Å². The molecule has 0 fully saturated rings. The lowest BCUT2D eigenvalue weighted by molar-refractivity contribution is 0.139. The Morgan fingerprint density at radius 2 is 2.10 bits per heavy atom. The van der Waals surface area contributed by atoms with Gasteiger partial charge < -0.3 is 20.3 Å². The molecule has 4 N–H and O–H groups in total. The zero-order valence-corrected chi connectivity index (χ0v) is 12.1. The molecule has 0 aliphatic rings. The number of sulfonamides is 1. The number of ether oxygens (including phenoxy) is 2. The molecule has 1 aromatic rings. The van der Waals surface area contributed by atoms with Gasteiger partial charge in [-0.15, -0.1) is 0 Å². The molecule has 1 aromatic carbocycles. The summed E-state index contributed by atoms with van der Waals surface area (Å²) in [5.74, 6) is 0.208. The summed E-state index contributed by atoms with van der Waals surface area (Å²) >= 11 is 0. The van der Waals surface area contributed by atoms with Gasteiger partial charge in [0.25, 0.3) is 0 Å². The van der Waals surface area contributed by atoms with Gasteiger partial charge in [0.2, 0.25) is 10.0 Å². The van der Waals surface area contributed by atoms with Crippen LogP contribution in [0.1, 0.15) is 0 Å². The van der Waals surface area contributed by atoms with Gasteiger partial charge in [-0.1, -0.05) is 12.1 Å². The van der Waals surface area contributed by atoms with Gasteiger partial charge in [0.15, 0.2) is 0 Å². The fraction of sp³-hybridized carbons (Fsp3) is 0.500. The van der Waals surface area contributed by atoms with Crippen LogP contribution in [0.15, 0.2) is 24.3 Å². The summed E-state index contributed by atoms with van der Waals surface area (Å²) in [6.45, 7) is -0.267. The number of hydrogen-bond donors (Lipinski definition) is 3. The molecule has 0 aromatic heterocycles. The molecular formula is C12H20N2O5S. The fourth-order valence-electron chi connectivity index (χ4n) is 1.51. The van der Waals surface area contributed by atoms with E-state index in [0.29, 0.717) is 11.4 Å². The van der Waals surface area contributed by atoms with E-state index in [2.05, 4.69) is 4.72 Å². The van der Waals surface area contributed by atoms with Gasteiger partial charge in [0.05, 0.1) is 30.7 Å². The van der Waals surface area contributed by atoms with Crippen molar-refractivity contribution in [1.29, 1.82) is 0 Å². The van der Waals surface area contributed by atoms with Gasteiger partial charge in [-0.3, -0.25) is 0 Å². The number of nitrogens with one attached hydrogen (secondary N) is 1. The zero-order chi connectivity index (χ0) is 15.0. The second kappa shape index (κ2) is 8.05. The number of benzene rings is 1. The highest BCUT2D eigenvalue weighted by atomic mass is 32.2. The maximum Gasteiger partial charge on any atom is 0.215 e. The van der Waals surface area contributed by atoms with Crippen molar-refractivity contribution in [3.63, 3.8) is 0 Å². The lowest BCUT2D eigenvalue weighted by Gasteiger charge is -2.15. The Morgan fingerprint density at radius 3 is 2.70 bits per heavy atom. The summed E-state index contributed by atoms with van der Waals surface area (Å²) in [5.41, 5.74) is 6.12. The first-order valence-corrected chi connectivity index (χ1v) is 7.71. The predicted molar refractivity (Wildman–Crippen MR) is 76.0 cm³/mol. The van der Waals surface area contributed by atoms with E-state index in [1.807, 2.05) is 0 Å². The summed E-state index contributed by atoms with van der Waals surface area (Å²) in [5, 5.41) is 9.01. The Bertz CT molecular complexity index is 506. The number of aliphatic hydroxyl groups excluding tert-OH is 1. The maximum absolute atomic E-state index is 11.8. The van der Waals surface area contributed by atoms with Gasteiger partial charge in [-0.25, -0.2) is 13.1 Å². The average molecular weight is 304 g/mol. The Kier molecular flexibility index (Phi) is 6.73. The summed E-state index contributed by atoms with van der Waals surface area (Å²) in [6.07, 6.45) is 0. The highest BCUT2D eigenvalue weighted by molar-refractivity contribution is 7.89. The van der Waals surface area contributed by atoms with Crippen molar-refractivity contribution in [1.82, 2.24) is 4.72 Å². The van der Waals surface area contributed by atoms with Gasteiger partial charge in [0.1, 0.15) is 12.4 Å². The molecule has 0 aliphatic heterocycles. The van der Waals surface area contributed by atoms with Crippen LogP contribution in [0, 0.1) is 0 Å². The first kappa shape index (κ1) is 16.7. The largest absolute Gasteiger partial charge is 0.490 e. The average Bonchev–Trinajstić information content (AvgIpc) is 2.40. The van der Waals surface area contributed by atoms with Crippen molar-refractivity contribution in [2.24, 2.45) is 0 Å². The first-order valence-electron chi connectivity index (χ1n) is 6.05. The molecule has 0 saturated carbocycles. The van der Waals surface area contributed by atoms with Crippen molar-refractivity contribution in [2.75, 3.05) is 38.4 Å². The number of nitrogens with two attached hydrogens (primary N) is 1. The standard InChI is InChI=1S/C12H20N2O5S/c1-18-9-10(8-15)14-20(16,17)7-6-19-12-5-3-2-4-11(12)13/h2-5,10,14-15H,6-9,13H2,1H3. The molecule has 0 radical (unpaired) electrons. The van der Waals surface area contributed by atoms with Crippen molar-refractivity contribution < 1.29 is 23.0 Å². The number of anilines is 1. The van der Waals surface area contributed by atoms with Crippen LogP contribution in [-0.2, 0) is 14.8 Å². The predicted octanol–water partition coefficient (Wildman–Crippen LogP) is -0.426. The van der Waals surface area contributed by atoms with Crippen LogP contribution < -0.4 is 15.2 Å². The van der Waals surface area contributed by atoms with Crippen LogP contribution in [0.3, 0.4) is 0 Å². The quantitative estimate of drug-likeness (QED) is 0.534. The number of methoxy groups -OCH3 is 1. The van der Waals surface area contributed by atoms with Gasteiger partial charge in [-0.2, -0.15) is 0 Å². The minimum atomic E-state index is -3.55. The van der Waals surface area contributed by atoms with Crippen LogP contribution in [0.4, 0.5) is 5.69 Å². The van der Waals surface area contributed by atoms with Crippen molar-refractivity contribution in [3.05, 3.63) is 24.3 Å². The maximum atomic E-state index is 11.8. The molecule has 0 bridgehead atoms. The van der Waals surface area contributed by atoms with E-state index >= 15 is 0 Å². The number of hydrogen-bond acceptors (Lipinski definition) is 6. The monoisotopic (exact) mass is 304 g/mol. The molecule has 20 heavy (non-hydrogen) atoms. The lowest BCUT2D eigenvalue weighted by atomic mass is 10.3. The molecule has 1 atom stereocenters. The second-order valence-corrected chi connectivity index (χ2v) is 6.03. The Hall–Kier alpha value is -1.35. The molecule has 0 heterocycles. The third-order valence-electron chi connectivity index (χ3n) is 2.46. The van der Waals surface area contributed by atoms with Crippen LogP contribution >= 0.6 is 0 Å². The van der Waals surface area contributed by atoms with Gasteiger partial charge in [0, 0.05) is 7.11 Å². The minimum Gasteiger partial charge on any atom is -0.490 e. The molecule has 0 aliphatic carbocycles. The highest BCUT2D eigenvalue weighted by Crippen LogP contribution is 2.19. The lowest BCUT2D eigenvalue weighted by Crippen LogP contribution is -2.42. The summed E-state index contributed by atoms with van der Waals surface area (Å²) < 4.78 is 36.0. The second-order valence-electron chi connectivity index (χ2n) is 4.16. The van der Waals surface area contributed by atoms with E-state index in [-0.39, 0.29) is 25.6 Å². The van der Waals surface area contributed by atoms with E-state index in [9.17, 15) is 8.42 Å². The molecule has 0 saturated heterocycles. The van der Waals surface area contributed by atoms with E-state index in [1.54, 1.807) is 24.3 Å². The fourth-order valence-corrected chi connectivity index (χ4v) is 2.58. The third-order valence-corrected chi connectivity index (χ3v) is 3.86. The zero-order valence-electron chi connectivity index (χ0n) is 11.3. The normalized spacial score (nSPS) is 13.1. The van der Waals surface area contributed by atoms with Gasteiger partial charge >= 0.3 is 0 Å². The molecule has 114 valence electrons. The first-order chi connectivity index (χ1) is 9.48. The third kappa shape index (κ3) is 5.74. The van der Waals surface area contributed by atoms with E-state index in [0.717, 1.165) is 0 Å². The van der Waals surface area contributed by atoms with Gasteiger partial charge in [-0.05, 0) is 12.1 Å². The van der Waals surface area contributed by atoms with Crippen LogP contribution in [0.2, 0.25) is 0 Å². The Balaban J connectivity index is 2.45. The SMILES string of the molecule is COCC(CO)NS(=O)(=O)CCOc1ccccc1N. The molecule has 0 spiro atoms. The van der Waals surface area contributed by atoms with Crippen molar-refractivity contribution >= 4 is 15.7 Å². The molecule has 1 unspecified atom stereocenters. The molecule has 0 amide bonds. The Morgan fingerprint density at radius 1 is 1.40 bits per heavy atom. The highest BCUT2D eigenvalue weighted by Gasteiger charge is 2.17. The van der Waals surface area contributed by atoms with E-state index < -0.39 is 16.1 Å². The van der Waals surface area contributed by atoms with Crippen LogP contribution in [-0.4, -0.2) is 52.2 Å². The van der Waals surface area contributed by atoms with Crippen molar-refractivity contribution in [3.8, 4) is 5.75 Å². The molecular weight excluding hydrogens is 284 g/mol. The number of para-hydroxylation sites is 2. The summed E-state index contributed by atoms with van der Waals surface area (Å²) in [6, 6.07) is 6.18. The molecule has 1 rings (SSSR count). The summed E-state index contributed by atoms with van der Waals surface area (Å²) in [7, 11) is -2.13. The number of aliphatic hydroxyl groups is 1. The molecule has 8 heteroatoms. The molecule has 7 nitrogen and oxygen atoms in total. The topological polar surface area (TPSA) is 111 Å². The van der Waals surface area contributed by atoms with E-state index in [1.165, 1.54) is 7.11 Å². The van der Waals surface area contributed by atoms with Crippen molar-refractivity contribution in [2.45, 2.75) is 6.04 Å². The smallest absolute Gasteiger partial charge is 0.215 e. The minimum absolute atomic E-state index is 0.0331. The number of rotatable bonds is 9.